The normalized spacial score (nSPS) is 11.0. The number of aromatic amines is 2. The Morgan fingerprint density at radius 3 is 1.20 bits per heavy atom. The maximum Gasteiger partial charge on any atom is 0.218 e. The van der Waals surface area contributed by atoms with Gasteiger partial charge in [0.25, 0.3) is 0 Å². The Labute approximate surface area is 665 Å². The highest BCUT2D eigenvalue weighted by molar-refractivity contribution is 7.15. The summed E-state index contributed by atoms with van der Waals surface area (Å²) in [6.45, 7) is 54.9. The molecule has 0 aliphatic rings. The Bertz CT molecular complexity index is 5080. The van der Waals surface area contributed by atoms with E-state index in [9.17, 15) is 9.59 Å². The van der Waals surface area contributed by atoms with Crippen LogP contribution < -0.4 is 46.3 Å². The summed E-state index contributed by atoms with van der Waals surface area (Å²) in [5.74, 6) is 3.91. The second-order valence-corrected chi connectivity index (χ2v) is 32.9. The van der Waals surface area contributed by atoms with Crippen LogP contribution in [0.3, 0.4) is 0 Å². The van der Waals surface area contributed by atoms with Crippen LogP contribution in [0.2, 0.25) is 0 Å². The topological polar surface area (TPSA) is 248 Å². The number of fused-ring (bicyclic) bond motifs is 4. The molecule has 0 aliphatic carbocycles. The number of pyridine rings is 4. The van der Waals surface area contributed by atoms with Crippen LogP contribution in [0.25, 0.3) is 98.9 Å². The molecular formula is C86H110N14O6S4. The van der Waals surface area contributed by atoms with Crippen molar-refractivity contribution in [1.82, 2.24) is 39.9 Å². The predicted octanol–water partition coefficient (Wildman–Crippen LogP) is 21.8. The maximum absolute atomic E-state index is 12.4. The number of rotatable bonds is 26. The number of aromatic nitrogens is 8. The quantitative estimate of drug-likeness (QED) is 0.0197. The zero-order chi connectivity index (χ0) is 80.1. The van der Waals surface area contributed by atoms with Crippen molar-refractivity contribution in [3.63, 3.8) is 0 Å². The zero-order valence-corrected chi connectivity index (χ0v) is 70.5. The minimum atomic E-state index is -0.0301. The van der Waals surface area contributed by atoms with Crippen LogP contribution >= 0.6 is 45.3 Å². The average Bonchev–Trinajstić information content (AvgIpc) is 1.25. The van der Waals surface area contributed by atoms with Crippen molar-refractivity contribution in [2.45, 2.75) is 200 Å². The molecule has 8 aromatic heterocycles. The van der Waals surface area contributed by atoms with E-state index in [2.05, 4.69) is 183 Å². The summed E-state index contributed by atoms with van der Waals surface area (Å²) in [5, 5.41) is 36.9. The molecule has 24 heteroatoms. The predicted molar refractivity (Wildman–Crippen MR) is 466 cm³/mol. The Kier molecular flexibility index (Phi) is 34.6. The largest absolute Gasteiger partial charge is 0.491 e. The van der Waals surface area contributed by atoms with E-state index >= 15 is 0 Å². The molecule has 0 amide bonds. The van der Waals surface area contributed by atoms with Crippen LogP contribution in [-0.2, 0) is 19.3 Å². The van der Waals surface area contributed by atoms with Gasteiger partial charge in [0.2, 0.25) is 13.1 Å². The number of anilines is 4. The summed E-state index contributed by atoms with van der Waals surface area (Å²) in [4.78, 5) is 66.4. The molecule has 0 radical (unpaired) electrons. The molecule has 0 saturated heterocycles. The van der Waals surface area contributed by atoms with Gasteiger partial charge in [-0.05, 0) is 173 Å². The van der Waals surface area contributed by atoms with E-state index in [4.69, 9.17) is 42.4 Å². The summed E-state index contributed by atoms with van der Waals surface area (Å²) in [6, 6.07) is 32.1. The van der Waals surface area contributed by atoms with E-state index in [1.165, 1.54) is 16.9 Å². The van der Waals surface area contributed by atoms with Crippen LogP contribution in [-0.4, -0.2) is 108 Å². The van der Waals surface area contributed by atoms with E-state index in [0.717, 1.165) is 171 Å². The molecule has 584 valence electrons. The van der Waals surface area contributed by atoms with Gasteiger partial charge >= 0.3 is 0 Å². The summed E-state index contributed by atoms with van der Waals surface area (Å²) in [6.07, 6.45) is 4.61. The lowest BCUT2D eigenvalue weighted by Crippen LogP contribution is -2.09. The molecule has 0 atom stereocenters. The Hall–Kier alpha value is -9.82. The van der Waals surface area contributed by atoms with Gasteiger partial charge < -0.3 is 60.2 Å². The van der Waals surface area contributed by atoms with Crippen LogP contribution in [0.1, 0.15) is 161 Å². The minimum Gasteiger partial charge on any atom is -0.491 e. The zero-order valence-electron chi connectivity index (χ0n) is 67.2. The van der Waals surface area contributed by atoms with Gasteiger partial charge in [0, 0.05) is 110 Å². The first-order valence-electron chi connectivity index (χ1n) is 37.9. The van der Waals surface area contributed by atoms with E-state index < -0.39 is 0 Å². The number of H-pyrrole nitrogens is 2. The van der Waals surface area contributed by atoms with Crippen LogP contribution in [0.15, 0.2) is 128 Å². The van der Waals surface area contributed by atoms with Gasteiger partial charge in [0.1, 0.15) is 35.2 Å². The molecule has 0 saturated carbocycles. The van der Waals surface area contributed by atoms with Gasteiger partial charge in [0.15, 0.2) is 31.4 Å². The number of ether oxygens (including phenoxy) is 3. The smallest absolute Gasteiger partial charge is 0.218 e. The third-order valence-electron chi connectivity index (χ3n) is 15.0. The number of thiazole rings is 4. The first-order chi connectivity index (χ1) is 52.5. The van der Waals surface area contributed by atoms with Gasteiger partial charge in [-0.3, -0.25) is 9.59 Å². The number of hydrogen-bond acceptors (Lipinski definition) is 20. The highest BCUT2D eigenvalue weighted by Crippen LogP contribution is 2.36. The second kappa shape index (κ2) is 43.5. The first kappa shape index (κ1) is 87.4. The van der Waals surface area contributed by atoms with Gasteiger partial charge in [-0.25, -0.2) is 43.0 Å². The van der Waals surface area contributed by atoms with Crippen molar-refractivity contribution in [2.75, 3.05) is 47.6 Å². The van der Waals surface area contributed by atoms with Crippen molar-refractivity contribution in [3.8, 4) is 62.8 Å². The molecule has 0 spiro atoms. The van der Waals surface area contributed by atoms with Gasteiger partial charge in [-0.15, -0.1) is 45.3 Å². The molecule has 0 aliphatic heterocycles. The van der Waals surface area contributed by atoms with Gasteiger partial charge in [-0.2, -0.15) is 0 Å². The number of benzene rings is 4. The number of nitrogens with zero attached hydrogens (tertiary/aromatic N) is 8. The van der Waals surface area contributed by atoms with Crippen molar-refractivity contribution in [2.24, 2.45) is 11.8 Å². The summed E-state index contributed by atoms with van der Waals surface area (Å²) < 4.78 is 17.6. The van der Waals surface area contributed by atoms with Crippen molar-refractivity contribution < 1.29 is 19.3 Å². The molecule has 110 heavy (non-hydrogen) atoms. The third kappa shape index (κ3) is 27.9. The van der Waals surface area contributed by atoms with E-state index in [1.54, 1.807) is 46.1 Å². The number of aryl methyl sites for hydroxylation is 2. The molecule has 12 aromatic rings. The molecule has 8 heterocycles. The van der Waals surface area contributed by atoms with E-state index in [0.29, 0.717) is 48.4 Å². The highest BCUT2D eigenvalue weighted by Gasteiger charge is 2.18. The minimum absolute atomic E-state index is 0.0113. The van der Waals surface area contributed by atoms with Crippen LogP contribution in [0, 0.1) is 25.0 Å². The van der Waals surface area contributed by atoms with Gasteiger partial charge in [-0.1, -0.05) is 73.1 Å². The van der Waals surface area contributed by atoms with Crippen molar-refractivity contribution in [3.05, 3.63) is 179 Å². The number of aliphatic hydroxyl groups excluding tert-OH is 1. The Morgan fingerprint density at radius 2 is 0.809 bits per heavy atom. The SMILES string of the molecule is CC(C)C.CC(C)C.CC(C)Nc1nc(-c2cc(OC(C)C)c3ccc(OCCO)cc3n2)cs1.CCCc1ccc2c(=O)cc(-c3csc(NC(C)C)n3)[nH]c2c1.[C-]#[N+]CCCc1ccc2c(=O)cc(-c3csc(NC(C)C)n3)[nH]c2c1.[C-]#[N+]CCc1ccc2c(OC(C)C)cc(-c3csc(NC(C)C)n3)nc2c1. The lowest BCUT2D eigenvalue weighted by atomic mass is 10.1. The molecule has 20 nitrogen and oxygen atoms in total. The molecular weight excluding hydrogens is 1450 g/mol. The molecule has 7 N–H and O–H groups in total. The Balaban J connectivity index is 0.000000197. The van der Waals surface area contributed by atoms with Crippen molar-refractivity contribution >= 4 is 109 Å². The maximum atomic E-state index is 12.4. The van der Waals surface area contributed by atoms with Crippen molar-refractivity contribution in [1.29, 1.82) is 0 Å². The van der Waals surface area contributed by atoms with Gasteiger partial charge in [0.05, 0.1) is 75.0 Å². The van der Waals surface area contributed by atoms with Crippen LogP contribution in [0.4, 0.5) is 20.5 Å². The van der Waals surface area contributed by atoms with E-state index in [-0.39, 0.29) is 36.3 Å². The first-order valence-corrected chi connectivity index (χ1v) is 41.4. The molecule has 4 aromatic carbocycles. The summed E-state index contributed by atoms with van der Waals surface area (Å²) >= 11 is 6.21. The number of aliphatic hydroxyl groups is 1. The number of hydrogen-bond donors (Lipinski definition) is 7. The fourth-order valence-electron chi connectivity index (χ4n) is 10.6. The lowest BCUT2D eigenvalue weighted by Gasteiger charge is -2.14. The second-order valence-electron chi connectivity index (χ2n) is 29.5. The fourth-order valence-corrected chi connectivity index (χ4v) is 14.1. The monoisotopic (exact) mass is 1560 g/mol. The lowest BCUT2D eigenvalue weighted by molar-refractivity contribution is 0.201. The van der Waals surface area contributed by atoms with E-state index in [1.807, 2.05) is 116 Å². The summed E-state index contributed by atoms with van der Waals surface area (Å²) in [5.41, 5.74) is 13.1. The van der Waals surface area contributed by atoms with Crippen LogP contribution in [0.5, 0.6) is 17.2 Å². The number of nitrogens with one attached hydrogen (secondary N) is 6. The standard InChI is InChI=1S/C21H24N4OS.C20H25N3O3S.C19H20N4OS.C18H21N3OS.2C4H10/c1-13(2)23-21-25-19(12-27-21)18-11-20(26-14(3)4)16-7-6-15(8-9-22-5)10-17(16)24-18;1-12(2)21-20-23-18(11-27-20)17-10-19(26-13(3)4)15-6-5-14(25-8-7-24)9-16(15)22-17;1-12(2)21-19-23-17(11-25-19)16-10-18(24)14-7-6-13(5-4-8-20-3)9-15(14)22-16;1-4-5-12-6-7-13-14(8-12)20-15(9-17(13)22)16-10-23-18(21-16)19-11(2)3;2*1-4(2)3/h6-7,10-14H,8-9H2,1-4H3,(H,23,25);5-6,9-13,24H,7-8H2,1-4H3,(H,21,23);6-7,9-12H,4-5,8H2,1-2H3,(H,21,23)(H,22,24);6-11H,4-5H2,1-3H3,(H,19,21)(H,20,22);2*4H,1-3H3. The molecule has 0 bridgehead atoms. The average molecular weight is 1560 g/mol. The molecule has 0 unspecified atom stereocenters. The third-order valence-corrected chi connectivity index (χ3v) is 18.1. The summed E-state index contributed by atoms with van der Waals surface area (Å²) in [7, 11) is 0. The molecule has 12 rings (SSSR count). The Morgan fingerprint density at radius 1 is 0.436 bits per heavy atom. The fraction of sp³-hybridized carbons (Fsp3) is 0.419. The highest BCUT2D eigenvalue weighted by atomic mass is 32.1. The molecule has 0 fully saturated rings.